The molecule has 1 aliphatic heterocycles. The molecule has 6 heteroatoms. The second-order valence-electron chi connectivity index (χ2n) is 8.56. The smallest absolute Gasteiger partial charge is 0.295 e. The highest BCUT2D eigenvalue weighted by molar-refractivity contribution is 6.46. The van der Waals surface area contributed by atoms with Gasteiger partial charge in [0.05, 0.1) is 11.6 Å². The van der Waals surface area contributed by atoms with E-state index in [2.05, 4.69) is 4.98 Å². The van der Waals surface area contributed by atoms with Crippen molar-refractivity contribution in [2.75, 3.05) is 6.54 Å². The third-order valence-corrected chi connectivity index (χ3v) is 6.37. The molecule has 6 nitrogen and oxygen atoms in total. The second-order valence-corrected chi connectivity index (χ2v) is 8.56. The highest BCUT2D eigenvalue weighted by atomic mass is 16.3. The van der Waals surface area contributed by atoms with Crippen LogP contribution in [-0.2, 0) is 16.0 Å². The number of carbonyl (C=O) groups is 2. The van der Waals surface area contributed by atoms with Crippen molar-refractivity contribution in [2.24, 2.45) is 0 Å². The summed E-state index contributed by atoms with van der Waals surface area (Å²) in [5, 5.41) is 22.0. The lowest BCUT2D eigenvalue weighted by Gasteiger charge is -2.25. The van der Waals surface area contributed by atoms with Crippen LogP contribution in [0.15, 0.2) is 84.6 Å². The fourth-order valence-electron chi connectivity index (χ4n) is 4.56. The van der Waals surface area contributed by atoms with Crippen LogP contribution in [0, 0.1) is 6.92 Å². The molecule has 1 atom stereocenters. The third kappa shape index (κ3) is 3.73. The second kappa shape index (κ2) is 8.56. The van der Waals surface area contributed by atoms with E-state index < -0.39 is 17.7 Å². The number of phenols is 1. The van der Waals surface area contributed by atoms with E-state index in [9.17, 15) is 19.8 Å². The van der Waals surface area contributed by atoms with Gasteiger partial charge in [-0.2, -0.15) is 0 Å². The van der Waals surface area contributed by atoms with E-state index in [1.807, 2.05) is 49.5 Å². The first kappa shape index (κ1) is 21.5. The quantitative estimate of drug-likeness (QED) is 0.229. The average Bonchev–Trinajstić information content (AvgIpc) is 3.37. The van der Waals surface area contributed by atoms with Crippen LogP contribution in [0.3, 0.4) is 0 Å². The predicted molar refractivity (Wildman–Crippen MR) is 130 cm³/mol. The van der Waals surface area contributed by atoms with Gasteiger partial charge in [-0.15, -0.1) is 0 Å². The zero-order chi connectivity index (χ0) is 23.8. The molecule has 3 aromatic carbocycles. The average molecular weight is 453 g/mol. The van der Waals surface area contributed by atoms with E-state index in [-0.39, 0.29) is 17.1 Å². The number of aliphatic hydroxyl groups excluding tert-OH is 1. The number of aromatic amines is 1. The first-order valence-corrected chi connectivity index (χ1v) is 11.1. The molecule has 1 aliphatic rings. The predicted octanol–water partition coefficient (Wildman–Crippen LogP) is 4.85. The Bertz CT molecular complexity index is 1420. The first-order chi connectivity index (χ1) is 16.4. The maximum absolute atomic E-state index is 13.2. The number of para-hydroxylation sites is 1. The summed E-state index contributed by atoms with van der Waals surface area (Å²) < 4.78 is 0. The molecule has 1 amide bonds. The van der Waals surface area contributed by atoms with Gasteiger partial charge in [0.15, 0.2) is 0 Å². The molecule has 5 rings (SSSR count). The Morgan fingerprint density at radius 3 is 2.41 bits per heavy atom. The monoisotopic (exact) mass is 452 g/mol. The first-order valence-electron chi connectivity index (χ1n) is 11.1. The molecule has 3 N–H and O–H groups in total. The van der Waals surface area contributed by atoms with Crippen molar-refractivity contribution < 1.29 is 19.8 Å². The topological polar surface area (TPSA) is 93.6 Å². The number of fused-ring (bicyclic) bond motifs is 1. The Hall–Kier alpha value is -4.32. The number of hydrogen-bond donors (Lipinski definition) is 3. The van der Waals surface area contributed by atoms with E-state index in [0.29, 0.717) is 24.1 Å². The molecular weight excluding hydrogens is 428 g/mol. The number of nitrogens with one attached hydrogen (secondary N) is 1. The van der Waals surface area contributed by atoms with Gasteiger partial charge >= 0.3 is 0 Å². The van der Waals surface area contributed by atoms with E-state index in [1.54, 1.807) is 24.3 Å². The number of aliphatic hydroxyl groups is 1. The number of amides is 1. The van der Waals surface area contributed by atoms with Gasteiger partial charge in [0, 0.05) is 29.2 Å². The Morgan fingerprint density at radius 2 is 1.68 bits per heavy atom. The number of ketones is 1. The number of H-pyrrole nitrogens is 1. The van der Waals surface area contributed by atoms with E-state index in [0.717, 1.165) is 22.0 Å². The minimum atomic E-state index is -0.757. The van der Waals surface area contributed by atoms with Crippen molar-refractivity contribution in [1.82, 2.24) is 9.88 Å². The van der Waals surface area contributed by atoms with E-state index in [1.165, 1.54) is 17.0 Å². The van der Waals surface area contributed by atoms with Crippen molar-refractivity contribution in [2.45, 2.75) is 19.4 Å². The van der Waals surface area contributed by atoms with Crippen molar-refractivity contribution >= 4 is 28.4 Å². The number of rotatable bonds is 5. The van der Waals surface area contributed by atoms with Crippen LogP contribution in [0.5, 0.6) is 5.75 Å². The number of aromatic nitrogens is 1. The number of carbonyl (C=O) groups excluding carboxylic acids is 2. The van der Waals surface area contributed by atoms with Crippen LogP contribution in [0.2, 0.25) is 0 Å². The lowest BCUT2D eigenvalue weighted by Crippen LogP contribution is -2.31. The number of benzene rings is 3. The SMILES string of the molecule is Cc1ccc(C(O)=C2C(=O)C(=O)N(CCc3c[nH]c4ccccc34)[C@@H]2c2ccc(O)cc2)cc1. The number of aromatic hydroxyl groups is 1. The van der Waals surface area contributed by atoms with Crippen LogP contribution in [-0.4, -0.2) is 38.3 Å². The number of aryl methyl sites for hydroxylation is 1. The summed E-state index contributed by atoms with van der Waals surface area (Å²) in [6.45, 7) is 2.23. The van der Waals surface area contributed by atoms with Crippen molar-refractivity contribution in [1.29, 1.82) is 0 Å². The highest BCUT2D eigenvalue weighted by Gasteiger charge is 2.45. The van der Waals surface area contributed by atoms with Crippen molar-refractivity contribution in [3.63, 3.8) is 0 Å². The van der Waals surface area contributed by atoms with Gasteiger partial charge < -0.3 is 20.1 Å². The lowest BCUT2D eigenvalue weighted by molar-refractivity contribution is -0.139. The normalized spacial score (nSPS) is 17.6. The van der Waals surface area contributed by atoms with E-state index in [4.69, 9.17) is 0 Å². The molecule has 0 aliphatic carbocycles. The summed E-state index contributed by atoms with van der Waals surface area (Å²) in [7, 11) is 0. The van der Waals surface area contributed by atoms with Gasteiger partial charge in [-0.1, -0.05) is 60.2 Å². The molecule has 0 spiro atoms. The minimum Gasteiger partial charge on any atom is -0.508 e. The summed E-state index contributed by atoms with van der Waals surface area (Å²) in [5.74, 6) is -1.48. The fraction of sp³-hybridized carbons (Fsp3) is 0.143. The van der Waals surface area contributed by atoms with Crippen molar-refractivity contribution in [3.05, 3.63) is 107 Å². The van der Waals surface area contributed by atoms with Crippen LogP contribution < -0.4 is 0 Å². The van der Waals surface area contributed by atoms with Gasteiger partial charge in [0.2, 0.25) is 0 Å². The minimum absolute atomic E-state index is 0.0541. The molecule has 1 saturated heterocycles. The van der Waals surface area contributed by atoms with Crippen molar-refractivity contribution in [3.8, 4) is 5.75 Å². The van der Waals surface area contributed by atoms with Crippen LogP contribution >= 0.6 is 0 Å². The van der Waals surface area contributed by atoms with Gasteiger partial charge in [-0.25, -0.2) is 0 Å². The van der Waals surface area contributed by atoms with Gasteiger partial charge in [0.25, 0.3) is 11.7 Å². The largest absolute Gasteiger partial charge is 0.508 e. The summed E-state index contributed by atoms with van der Waals surface area (Å²) in [5.41, 5.74) is 4.24. The molecule has 0 unspecified atom stereocenters. The third-order valence-electron chi connectivity index (χ3n) is 6.37. The van der Waals surface area contributed by atoms with E-state index >= 15 is 0 Å². The molecule has 34 heavy (non-hydrogen) atoms. The zero-order valence-corrected chi connectivity index (χ0v) is 18.7. The molecule has 0 saturated carbocycles. The molecule has 0 bridgehead atoms. The summed E-state index contributed by atoms with van der Waals surface area (Å²) >= 11 is 0. The fourth-order valence-corrected chi connectivity index (χ4v) is 4.56. The Labute approximate surface area is 196 Å². The summed E-state index contributed by atoms with van der Waals surface area (Å²) in [6.07, 6.45) is 2.46. The Morgan fingerprint density at radius 1 is 0.971 bits per heavy atom. The molecule has 170 valence electrons. The Kier molecular flexibility index (Phi) is 5.42. The number of nitrogens with zero attached hydrogens (tertiary/aromatic N) is 1. The molecule has 4 aromatic rings. The molecule has 1 aromatic heterocycles. The molecule has 0 radical (unpaired) electrons. The zero-order valence-electron chi connectivity index (χ0n) is 18.7. The van der Waals surface area contributed by atoms with Gasteiger partial charge in [-0.3, -0.25) is 9.59 Å². The molecule has 2 heterocycles. The maximum Gasteiger partial charge on any atom is 0.295 e. The van der Waals surface area contributed by atoms with Crippen LogP contribution in [0.25, 0.3) is 16.7 Å². The number of hydrogen-bond acceptors (Lipinski definition) is 4. The Balaban J connectivity index is 1.56. The number of phenolic OH excluding ortho intramolecular Hbond substituents is 1. The van der Waals surface area contributed by atoms with Gasteiger partial charge in [0.1, 0.15) is 11.5 Å². The number of likely N-dealkylation sites (tertiary alicyclic amines) is 1. The van der Waals surface area contributed by atoms with Gasteiger partial charge in [-0.05, 0) is 42.7 Å². The van der Waals surface area contributed by atoms with Crippen LogP contribution in [0.1, 0.15) is 28.3 Å². The lowest BCUT2D eigenvalue weighted by atomic mass is 9.95. The number of Topliss-reactive ketones (excluding diaryl/α,β-unsaturated/α-hetero) is 1. The highest BCUT2D eigenvalue weighted by Crippen LogP contribution is 2.40. The molecular formula is C28H24N2O4. The summed E-state index contributed by atoms with van der Waals surface area (Å²) in [6, 6.07) is 20.7. The maximum atomic E-state index is 13.2. The molecule has 1 fully saturated rings. The van der Waals surface area contributed by atoms with Crippen LogP contribution in [0.4, 0.5) is 0 Å². The standard InChI is InChI=1S/C28H24N2O4/c1-17-6-8-19(9-7-17)26(32)24-25(18-10-12-21(31)13-11-18)30(28(34)27(24)33)15-14-20-16-29-23-5-3-2-4-22(20)23/h2-13,16,25,29,31-32H,14-15H2,1H3/t25-/m1/s1. The summed E-state index contributed by atoms with van der Waals surface area (Å²) in [4.78, 5) is 31.1.